The fourth-order valence-electron chi connectivity index (χ4n) is 3.25. The summed E-state index contributed by atoms with van der Waals surface area (Å²) in [4.78, 5) is 21.5. The zero-order chi connectivity index (χ0) is 19.5. The monoisotopic (exact) mass is 415 g/mol. The maximum Gasteiger partial charge on any atom is 0.285 e. The van der Waals surface area contributed by atoms with Crippen molar-refractivity contribution in [1.29, 1.82) is 0 Å². The summed E-state index contributed by atoms with van der Waals surface area (Å²) in [5.41, 5.74) is 4.74. The number of pyridine rings is 1. The molecule has 144 valence electrons. The average Bonchev–Trinajstić information content (AvgIpc) is 3.15. The van der Waals surface area contributed by atoms with Crippen LogP contribution in [0.25, 0.3) is 17.1 Å². The van der Waals surface area contributed by atoms with Crippen LogP contribution >= 0.6 is 23.2 Å². The topological polar surface area (TPSA) is 63.1 Å². The minimum atomic E-state index is -0.240. The summed E-state index contributed by atoms with van der Waals surface area (Å²) in [6.07, 6.45) is 8.46. The van der Waals surface area contributed by atoms with Gasteiger partial charge in [-0.3, -0.25) is 19.8 Å². The first-order valence-corrected chi connectivity index (χ1v) is 9.88. The Bertz CT molecular complexity index is 984. The maximum atomic E-state index is 12.8. The summed E-state index contributed by atoms with van der Waals surface area (Å²) in [5.74, 6) is 0.314. The summed E-state index contributed by atoms with van der Waals surface area (Å²) in [7, 11) is 0. The number of rotatable bonds is 4. The van der Waals surface area contributed by atoms with Crippen molar-refractivity contribution in [3.63, 3.8) is 0 Å². The molecule has 4 rings (SSSR count). The van der Waals surface area contributed by atoms with E-state index >= 15 is 0 Å². The third-order valence-corrected chi connectivity index (χ3v) is 5.20. The molecule has 1 aliphatic rings. The standard InChI is InChI=1S/C20H19Cl2N5O/c21-14-6-7-16(17(22)11-14)19-24-18(13-27(19)15-5-4-8-23-12-15)20(28)25-26-9-2-1-3-10-26/h4-8,11-13H,1-3,9-10H2,(H,25,28). The Morgan fingerprint density at radius 1 is 1.11 bits per heavy atom. The number of hydrazine groups is 1. The first kappa shape index (κ1) is 18.9. The highest BCUT2D eigenvalue weighted by atomic mass is 35.5. The largest absolute Gasteiger partial charge is 0.297 e. The molecule has 1 fully saturated rings. The molecule has 1 aromatic carbocycles. The Kier molecular flexibility index (Phi) is 5.62. The Morgan fingerprint density at radius 3 is 2.64 bits per heavy atom. The van der Waals surface area contributed by atoms with Gasteiger partial charge in [-0.15, -0.1) is 0 Å². The van der Waals surface area contributed by atoms with Crippen molar-refractivity contribution < 1.29 is 4.79 Å². The number of halogens is 2. The predicted octanol–water partition coefficient (Wildman–Crippen LogP) is 4.37. The van der Waals surface area contributed by atoms with Gasteiger partial charge in [0.1, 0.15) is 11.5 Å². The smallest absolute Gasteiger partial charge is 0.285 e. The third-order valence-electron chi connectivity index (χ3n) is 4.65. The quantitative estimate of drug-likeness (QED) is 0.686. The van der Waals surface area contributed by atoms with E-state index in [1.165, 1.54) is 6.42 Å². The molecule has 0 atom stereocenters. The van der Waals surface area contributed by atoms with Crippen LogP contribution in [0.15, 0.2) is 48.9 Å². The molecule has 0 aliphatic carbocycles. The van der Waals surface area contributed by atoms with E-state index in [1.807, 2.05) is 21.7 Å². The van der Waals surface area contributed by atoms with Crippen LogP contribution < -0.4 is 5.43 Å². The van der Waals surface area contributed by atoms with E-state index in [0.717, 1.165) is 31.6 Å². The number of hydrogen-bond donors (Lipinski definition) is 1. The number of hydrogen-bond acceptors (Lipinski definition) is 4. The molecule has 3 aromatic rings. The van der Waals surface area contributed by atoms with Gasteiger partial charge in [-0.05, 0) is 43.2 Å². The van der Waals surface area contributed by atoms with Crippen LogP contribution in [0, 0.1) is 0 Å². The van der Waals surface area contributed by atoms with Gasteiger partial charge in [-0.2, -0.15) is 0 Å². The fraction of sp³-hybridized carbons (Fsp3) is 0.250. The molecule has 3 heterocycles. The van der Waals surface area contributed by atoms with Gasteiger partial charge in [0.25, 0.3) is 5.91 Å². The average molecular weight is 416 g/mol. The molecule has 6 nitrogen and oxygen atoms in total. The van der Waals surface area contributed by atoms with E-state index in [-0.39, 0.29) is 5.91 Å². The highest BCUT2D eigenvalue weighted by Crippen LogP contribution is 2.31. The highest BCUT2D eigenvalue weighted by Gasteiger charge is 2.21. The first-order chi connectivity index (χ1) is 13.6. The van der Waals surface area contributed by atoms with Gasteiger partial charge in [0.05, 0.1) is 16.9 Å². The number of aromatic nitrogens is 3. The van der Waals surface area contributed by atoms with Crippen LogP contribution in [0.4, 0.5) is 0 Å². The molecule has 0 spiro atoms. The van der Waals surface area contributed by atoms with E-state index in [4.69, 9.17) is 23.2 Å². The first-order valence-electron chi connectivity index (χ1n) is 9.13. The minimum Gasteiger partial charge on any atom is -0.297 e. The second kappa shape index (κ2) is 8.31. The molecule has 0 radical (unpaired) electrons. The van der Waals surface area contributed by atoms with E-state index < -0.39 is 0 Å². The van der Waals surface area contributed by atoms with Crippen LogP contribution in [-0.2, 0) is 0 Å². The van der Waals surface area contributed by atoms with Crippen molar-refractivity contribution in [3.05, 3.63) is 64.7 Å². The summed E-state index contributed by atoms with van der Waals surface area (Å²) in [5, 5.41) is 2.95. The molecule has 2 aromatic heterocycles. The number of piperidine rings is 1. The summed E-state index contributed by atoms with van der Waals surface area (Å²) < 4.78 is 1.81. The van der Waals surface area contributed by atoms with Gasteiger partial charge in [0.2, 0.25) is 0 Å². The molecule has 0 bridgehead atoms. The number of imidazole rings is 1. The minimum absolute atomic E-state index is 0.240. The van der Waals surface area contributed by atoms with E-state index in [0.29, 0.717) is 27.1 Å². The number of benzene rings is 1. The maximum absolute atomic E-state index is 12.8. The summed E-state index contributed by atoms with van der Waals surface area (Å²) in [6, 6.07) is 8.93. The second-order valence-corrected chi connectivity index (χ2v) is 7.49. The Labute approximate surface area is 173 Å². The summed E-state index contributed by atoms with van der Waals surface area (Å²) in [6.45, 7) is 1.70. The number of carbonyl (C=O) groups excluding carboxylic acids is 1. The van der Waals surface area contributed by atoms with Crippen molar-refractivity contribution in [2.24, 2.45) is 0 Å². The molecule has 1 N–H and O–H groups in total. The molecular formula is C20H19Cl2N5O. The Morgan fingerprint density at radius 2 is 1.93 bits per heavy atom. The Hall–Kier alpha value is -2.41. The van der Waals surface area contributed by atoms with Gasteiger partial charge < -0.3 is 0 Å². The number of nitrogens with one attached hydrogen (secondary N) is 1. The van der Waals surface area contributed by atoms with Gasteiger partial charge in [-0.25, -0.2) is 9.99 Å². The lowest BCUT2D eigenvalue weighted by molar-refractivity contribution is 0.0745. The van der Waals surface area contributed by atoms with Crippen molar-refractivity contribution in [1.82, 2.24) is 25.0 Å². The van der Waals surface area contributed by atoms with Crippen LogP contribution in [-0.4, -0.2) is 38.5 Å². The van der Waals surface area contributed by atoms with Gasteiger partial charge in [0, 0.05) is 36.1 Å². The number of nitrogens with zero attached hydrogens (tertiary/aromatic N) is 4. The molecule has 1 saturated heterocycles. The third kappa shape index (κ3) is 4.04. The van der Waals surface area contributed by atoms with Crippen LogP contribution in [0.5, 0.6) is 0 Å². The van der Waals surface area contributed by atoms with Crippen LogP contribution in [0.3, 0.4) is 0 Å². The van der Waals surface area contributed by atoms with Gasteiger partial charge in [0.15, 0.2) is 0 Å². The van der Waals surface area contributed by atoms with Gasteiger partial charge >= 0.3 is 0 Å². The molecule has 0 saturated carbocycles. The lowest BCUT2D eigenvalue weighted by Gasteiger charge is -2.26. The molecule has 1 amide bonds. The molecule has 28 heavy (non-hydrogen) atoms. The van der Waals surface area contributed by atoms with Crippen molar-refractivity contribution >= 4 is 29.1 Å². The van der Waals surface area contributed by atoms with Crippen LogP contribution in [0.2, 0.25) is 10.0 Å². The number of amides is 1. The highest BCUT2D eigenvalue weighted by molar-refractivity contribution is 6.36. The van der Waals surface area contributed by atoms with E-state index in [9.17, 15) is 4.79 Å². The molecular weight excluding hydrogens is 397 g/mol. The molecule has 8 heteroatoms. The SMILES string of the molecule is O=C(NN1CCCCC1)c1cn(-c2cccnc2)c(-c2ccc(Cl)cc2Cl)n1. The zero-order valence-electron chi connectivity index (χ0n) is 15.1. The Balaban J connectivity index is 1.73. The lowest BCUT2D eigenvalue weighted by atomic mass is 10.2. The molecule has 0 unspecified atom stereocenters. The lowest BCUT2D eigenvalue weighted by Crippen LogP contribution is -2.45. The van der Waals surface area contributed by atoms with Crippen molar-refractivity contribution in [3.8, 4) is 17.1 Å². The van der Waals surface area contributed by atoms with Crippen molar-refractivity contribution in [2.75, 3.05) is 13.1 Å². The predicted molar refractivity (Wildman–Crippen MR) is 110 cm³/mol. The van der Waals surface area contributed by atoms with E-state index in [1.54, 1.807) is 36.8 Å². The van der Waals surface area contributed by atoms with Crippen LogP contribution in [0.1, 0.15) is 29.8 Å². The van der Waals surface area contributed by atoms with Gasteiger partial charge in [-0.1, -0.05) is 29.6 Å². The summed E-state index contributed by atoms with van der Waals surface area (Å²) >= 11 is 12.4. The normalized spacial score (nSPS) is 14.8. The molecule has 1 aliphatic heterocycles. The van der Waals surface area contributed by atoms with Crippen molar-refractivity contribution in [2.45, 2.75) is 19.3 Å². The fourth-order valence-corrected chi connectivity index (χ4v) is 3.74. The zero-order valence-corrected chi connectivity index (χ0v) is 16.6. The number of carbonyl (C=O) groups is 1. The van der Waals surface area contributed by atoms with E-state index in [2.05, 4.69) is 15.4 Å². The second-order valence-electron chi connectivity index (χ2n) is 6.64.